The molecule has 2 aromatic carbocycles. The van der Waals surface area contributed by atoms with E-state index in [-0.39, 0.29) is 24.0 Å². The summed E-state index contributed by atoms with van der Waals surface area (Å²) in [6.45, 7) is 5.89. The van der Waals surface area contributed by atoms with Crippen LogP contribution in [0.25, 0.3) is 6.08 Å². The van der Waals surface area contributed by atoms with Crippen LogP contribution in [-0.2, 0) is 14.3 Å². The number of carbonyl (C=O) groups is 3. The van der Waals surface area contributed by atoms with Crippen molar-refractivity contribution in [2.24, 2.45) is 0 Å². The van der Waals surface area contributed by atoms with E-state index in [1.54, 1.807) is 43.9 Å². The lowest BCUT2D eigenvalue weighted by Crippen LogP contribution is -2.44. The van der Waals surface area contributed by atoms with E-state index < -0.39 is 24.7 Å². The minimum atomic E-state index is -1.64. The Labute approximate surface area is 211 Å². The number of rotatable bonds is 7. The van der Waals surface area contributed by atoms with Crippen LogP contribution in [0.5, 0.6) is 0 Å². The number of nitrogens with one attached hydrogen (secondary N) is 1. The summed E-state index contributed by atoms with van der Waals surface area (Å²) in [6.07, 6.45) is 3.11. The first-order chi connectivity index (χ1) is 17.0. The van der Waals surface area contributed by atoms with Crippen molar-refractivity contribution in [2.45, 2.75) is 38.8 Å². The molecule has 0 aromatic heterocycles. The van der Waals surface area contributed by atoms with Gasteiger partial charge in [0.1, 0.15) is 12.1 Å². The van der Waals surface area contributed by atoms with Gasteiger partial charge in [-0.2, -0.15) is 0 Å². The number of hydrogen-bond acceptors (Lipinski definition) is 6. The van der Waals surface area contributed by atoms with Crippen molar-refractivity contribution in [2.75, 3.05) is 24.5 Å². The van der Waals surface area contributed by atoms with Gasteiger partial charge in [0.15, 0.2) is 0 Å². The van der Waals surface area contributed by atoms with Gasteiger partial charge in [-0.1, -0.05) is 42.5 Å². The molecule has 10 heteroatoms. The molecule has 3 rings (SSSR count). The molecule has 1 atom stereocenters. The summed E-state index contributed by atoms with van der Waals surface area (Å²) in [6, 6.07) is 15.2. The molecule has 1 heterocycles. The Morgan fingerprint density at radius 1 is 1.11 bits per heavy atom. The third kappa shape index (κ3) is 7.96. The lowest BCUT2D eigenvalue weighted by atomic mass is 9.80. The molecule has 9 nitrogen and oxygen atoms in total. The maximum absolute atomic E-state index is 13.1. The first-order valence-corrected chi connectivity index (χ1v) is 11.8. The first kappa shape index (κ1) is 27.0. The minimum absolute atomic E-state index is 0.210. The number of nitrogens with zero attached hydrogens (tertiary/aromatic N) is 2. The van der Waals surface area contributed by atoms with Gasteiger partial charge in [-0.15, -0.1) is 0 Å². The van der Waals surface area contributed by atoms with Gasteiger partial charge in [0, 0.05) is 24.9 Å². The average molecular weight is 493 g/mol. The molecule has 3 amide bonds. The van der Waals surface area contributed by atoms with Gasteiger partial charge in [-0.3, -0.25) is 14.5 Å². The van der Waals surface area contributed by atoms with E-state index in [1.807, 2.05) is 30.3 Å². The predicted molar refractivity (Wildman–Crippen MR) is 138 cm³/mol. The molecule has 36 heavy (non-hydrogen) atoms. The summed E-state index contributed by atoms with van der Waals surface area (Å²) in [5.74, 6) is -0.664. The number of benzene rings is 2. The van der Waals surface area contributed by atoms with E-state index in [4.69, 9.17) is 4.74 Å². The molecule has 1 aliphatic rings. The van der Waals surface area contributed by atoms with Crippen LogP contribution in [0.2, 0.25) is 0 Å². The Morgan fingerprint density at radius 2 is 1.78 bits per heavy atom. The van der Waals surface area contributed by atoms with Crippen LogP contribution < -0.4 is 15.7 Å². The molecule has 1 saturated heterocycles. The highest BCUT2D eigenvalue weighted by molar-refractivity contribution is 6.58. The largest absolute Gasteiger partial charge is 0.488 e. The molecule has 3 N–H and O–H groups in total. The second-order valence-electron chi connectivity index (χ2n) is 9.61. The van der Waals surface area contributed by atoms with E-state index >= 15 is 0 Å². The number of hydrogen-bond donors (Lipinski definition) is 3. The fourth-order valence-corrected chi connectivity index (χ4v) is 3.76. The maximum Gasteiger partial charge on any atom is 0.488 e. The van der Waals surface area contributed by atoms with Crippen molar-refractivity contribution in [3.05, 3.63) is 66.2 Å². The summed E-state index contributed by atoms with van der Waals surface area (Å²) in [5, 5.41) is 21.5. The van der Waals surface area contributed by atoms with Gasteiger partial charge in [-0.05, 0) is 56.4 Å². The Kier molecular flexibility index (Phi) is 8.90. The summed E-state index contributed by atoms with van der Waals surface area (Å²) in [5.41, 5.74) is 0.936. The lowest BCUT2D eigenvalue weighted by molar-refractivity contribution is -0.130. The molecule has 190 valence electrons. The fraction of sp³-hybridized carbons (Fsp3) is 0.346. The number of likely N-dealkylation sites (tertiary alicyclic amines) is 1. The molecular formula is C26H32BN3O6. The van der Waals surface area contributed by atoms with Gasteiger partial charge in [0.2, 0.25) is 5.91 Å². The predicted octanol–water partition coefficient (Wildman–Crippen LogP) is 1.54. The summed E-state index contributed by atoms with van der Waals surface area (Å²) >= 11 is 0. The van der Waals surface area contributed by atoms with Crippen molar-refractivity contribution in [1.29, 1.82) is 0 Å². The Hall–Kier alpha value is -3.63. The van der Waals surface area contributed by atoms with E-state index in [0.717, 1.165) is 5.56 Å². The smallest absolute Gasteiger partial charge is 0.444 e. The Balaban J connectivity index is 1.70. The molecular weight excluding hydrogens is 461 g/mol. The zero-order valence-electron chi connectivity index (χ0n) is 20.8. The molecule has 0 radical (unpaired) electrons. The number of amides is 3. The van der Waals surface area contributed by atoms with Crippen molar-refractivity contribution in [3.63, 3.8) is 0 Å². The second kappa shape index (κ2) is 11.9. The normalized spacial score (nSPS) is 15.6. The van der Waals surface area contributed by atoms with Gasteiger partial charge in [0.05, 0.1) is 6.04 Å². The molecule has 0 spiro atoms. The van der Waals surface area contributed by atoms with Crippen LogP contribution >= 0.6 is 0 Å². The van der Waals surface area contributed by atoms with E-state index in [0.29, 0.717) is 25.2 Å². The molecule has 0 aliphatic carbocycles. The Morgan fingerprint density at radius 3 is 2.39 bits per heavy atom. The van der Waals surface area contributed by atoms with E-state index in [1.165, 1.54) is 23.1 Å². The molecule has 1 aliphatic heterocycles. The van der Waals surface area contributed by atoms with Crippen LogP contribution in [0, 0.1) is 0 Å². The van der Waals surface area contributed by atoms with Gasteiger partial charge >= 0.3 is 13.2 Å². The summed E-state index contributed by atoms with van der Waals surface area (Å²) in [7, 11) is -1.64. The summed E-state index contributed by atoms with van der Waals surface area (Å²) in [4.78, 5) is 41.3. The minimum Gasteiger partial charge on any atom is -0.444 e. The number of anilines is 1. The zero-order chi connectivity index (χ0) is 26.3. The van der Waals surface area contributed by atoms with Crippen molar-refractivity contribution in [3.8, 4) is 0 Å². The highest BCUT2D eigenvalue weighted by Crippen LogP contribution is 2.17. The SMILES string of the molecule is CC(C)(C)OC(=O)N[C@H]1CCN(C(=O)CN(C(=O)C=Cc2ccccc2)c2ccc(B(O)O)cc2)C1. The van der Waals surface area contributed by atoms with Crippen molar-refractivity contribution >= 4 is 42.3 Å². The second-order valence-corrected chi connectivity index (χ2v) is 9.61. The molecule has 0 bridgehead atoms. The van der Waals surface area contributed by atoms with Crippen LogP contribution in [0.3, 0.4) is 0 Å². The number of alkyl carbamates (subject to hydrolysis) is 1. The van der Waals surface area contributed by atoms with E-state index in [2.05, 4.69) is 5.32 Å². The highest BCUT2D eigenvalue weighted by Gasteiger charge is 2.30. The topological polar surface area (TPSA) is 119 Å². The monoisotopic (exact) mass is 493 g/mol. The lowest BCUT2D eigenvalue weighted by Gasteiger charge is -2.25. The van der Waals surface area contributed by atoms with E-state index in [9.17, 15) is 24.4 Å². The molecule has 2 aromatic rings. The molecule has 0 saturated carbocycles. The Bertz CT molecular complexity index is 1080. The third-order valence-corrected chi connectivity index (χ3v) is 5.54. The standard InChI is InChI=1S/C26H32BN3O6/c1-26(2,3)36-25(33)28-21-15-16-29(17-21)24(32)18-30(22-12-10-20(11-13-22)27(34)35)23(31)14-9-19-7-5-4-6-8-19/h4-14,21,34-35H,15-18H2,1-3H3,(H,28,33)/t21-/m0/s1. The first-order valence-electron chi connectivity index (χ1n) is 11.8. The maximum atomic E-state index is 13.1. The van der Waals surface area contributed by atoms with Crippen molar-refractivity contribution < 1.29 is 29.2 Å². The fourth-order valence-electron chi connectivity index (χ4n) is 3.76. The summed E-state index contributed by atoms with van der Waals surface area (Å²) < 4.78 is 5.29. The zero-order valence-corrected chi connectivity index (χ0v) is 20.8. The number of ether oxygens (including phenoxy) is 1. The quantitative estimate of drug-likeness (QED) is 0.398. The third-order valence-electron chi connectivity index (χ3n) is 5.54. The van der Waals surface area contributed by atoms with Crippen LogP contribution in [0.4, 0.5) is 10.5 Å². The van der Waals surface area contributed by atoms with Crippen molar-refractivity contribution in [1.82, 2.24) is 10.2 Å². The molecule has 0 unspecified atom stereocenters. The van der Waals surface area contributed by atoms with Crippen LogP contribution in [-0.4, -0.2) is 71.3 Å². The van der Waals surface area contributed by atoms with Crippen LogP contribution in [0.1, 0.15) is 32.8 Å². The van der Waals surface area contributed by atoms with Gasteiger partial charge < -0.3 is 25.0 Å². The number of carbonyl (C=O) groups excluding carboxylic acids is 3. The van der Waals surface area contributed by atoms with Gasteiger partial charge in [0.25, 0.3) is 5.91 Å². The average Bonchev–Trinajstić information content (AvgIpc) is 3.28. The van der Waals surface area contributed by atoms with Gasteiger partial charge in [-0.25, -0.2) is 4.79 Å². The highest BCUT2D eigenvalue weighted by atomic mass is 16.6. The van der Waals surface area contributed by atoms with Crippen LogP contribution in [0.15, 0.2) is 60.7 Å². The molecule has 1 fully saturated rings.